The number of unbranched alkanes of at least 4 members (excludes halogenated alkanes) is 4. The van der Waals surface area contributed by atoms with Crippen molar-refractivity contribution in [1.82, 2.24) is 0 Å². The van der Waals surface area contributed by atoms with Gasteiger partial charge in [-0.3, -0.25) is 4.79 Å². The lowest BCUT2D eigenvalue weighted by Crippen LogP contribution is -2.13. The van der Waals surface area contributed by atoms with E-state index in [9.17, 15) is 9.90 Å². The van der Waals surface area contributed by atoms with Crippen molar-refractivity contribution in [2.24, 2.45) is 0 Å². The fourth-order valence-electron chi connectivity index (χ4n) is 1.73. The molecule has 0 heterocycles. The zero-order chi connectivity index (χ0) is 12.9. The second kappa shape index (κ2) is 11.9. The van der Waals surface area contributed by atoms with Crippen LogP contribution >= 0.6 is 0 Å². The molecule has 3 nitrogen and oxygen atoms in total. The van der Waals surface area contributed by atoms with Gasteiger partial charge in [0.05, 0.1) is 12.7 Å². The van der Waals surface area contributed by atoms with Gasteiger partial charge in [-0.1, -0.05) is 46.0 Å². The Morgan fingerprint density at radius 1 is 1.06 bits per heavy atom. The molecule has 0 aliphatic heterocycles. The number of carbonyl (C=O) groups is 1. The lowest BCUT2D eigenvalue weighted by atomic mass is 10.1. The fourth-order valence-corrected chi connectivity index (χ4v) is 1.73. The summed E-state index contributed by atoms with van der Waals surface area (Å²) in [4.78, 5) is 11.3. The molecular weight excluding hydrogens is 216 g/mol. The van der Waals surface area contributed by atoms with Gasteiger partial charge in [-0.15, -0.1) is 0 Å². The molecule has 0 aromatic heterocycles. The van der Waals surface area contributed by atoms with Crippen molar-refractivity contribution < 1.29 is 14.6 Å². The van der Waals surface area contributed by atoms with Gasteiger partial charge in [0.15, 0.2) is 0 Å². The van der Waals surface area contributed by atoms with Crippen LogP contribution in [0.1, 0.15) is 71.6 Å². The molecule has 3 heteroatoms. The van der Waals surface area contributed by atoms with E-state index in [1.807, 2.05) is 6.92 Å². The van der Waals surface area contributed by atoms with Gasteiger partial charge < -0.3 is 9.84 Å². The maximum absolute atomic E-state index is 11.3. The summed E-state index contributed by atoms with van der Waals surface area (Å²) in [6.07, 6.45) is 8.23. The van der Waals surface area contributed by atoms with E-state index >= 15 is 0 Å². The van der Waals surface area contributed by atoms with E-state index in [0.717, 1.165) is 25.7 Å². The first-order valence-electron chi connectivity index (χ1n) is 7.04. The second-order valence-corrected chi connectivity index (χ2v) is 4.62. The zero-order valence-corrected chi connectivity index (χ0v) is 11.4. The van der Waals surface area contributed by atoms with Crippen LogP contribution in [0.4, 0.5) is 0 Å². The van der Waals surface area contributed by atoms with E-state index < -0.39 is 0 Å². The molecule has 0 aliphatic carbocycles. The summed E-state index contributed by atoms with van der Waals surface area (Å²) in [5, 5.41) is 9.44. The van der Waals surface area contributed by atoms with E-state index in [-0.39, 0.29) is 12.1 Å². The molecular formula is C14H28O3. The Kier molecular flexibility index (Phi) is 11.5. The van der Waals surface area contributed by atoms with Crippen molar-refractivity contribution in [2.45, 2.75) is 77.7 Å². The van der Waals surface area contributed by atoms with Gasteiger partial charge >= 0.3 is 5.97 Å². The third-order valence-electron chi connectivity index (χ3n) is 2.82. The highest BCUT2D eigenvalue weighted by Gasteiger charge is 2.06. The lowest BCUT2D eigenvalue weighted by molar-refractivity contribution is -0.144. The Bertz CT molecular complexity index is 180. The highest BCUT2D eigenvalue weighted by Crippen LogP contribution is 2.06. The van der Waals surface area contributed by atoms with Crippen LogP contribution < -0.4 is 0 Å². The molecule has 0 amide bonds. The standard InChI is InChI=1S/C14H28O3/c1-3-5-6-7-8-10-14(16)17-12-11-13(15)9-4-2/h13,15H,3-12H2,1-2H3. The Labute approximate surface area is 106 Å². The van der Waals surface area contributed by atoms with Gasteiger partial charge in [0.25, 0.3) is 0 Å². The summed E-state index contributed by atoms with van der Waals surface area (Å²) in [6.45, 7) is 4.57. The quantitative estimate of drug-likeness (QED) is 0.447. The lowest BCUT2D eigenvalue weighted by Gasteiger charge is -2.09. The molecule has 0 saturated heterocycles. The Hall–Kier alpha value is -0.570. The average Bonchev–Trinajstić information content (AvgIpc) is 2.29. The van der Waals surface area contributed by atoms with E-state index in [2.05, 4.69) is 6.92 Å². The molecule has 17 heavy (non-hydrogen) atoms. The monoisotopic (exact) mass is 244 g/mol. The minimum Gasteiger partial charge on any atom is -0.466 e. The molecule has 0 aromatic carbocycles. The molecule has 0 spiro atoms. The van der Waals surface area contributed by atoms with Crippen LogP contribution in [0.5, 0.6) is 0 Å². The van der Waals surface area contributed by atoms with Gasteiger partial charge in [-0.05, 0) is 12.8 Å². The Morgan fingerprint density at radius 2 is 1.76 bits per heavy atom. The zero-order valence-electron chi connectivity index (χ0n) is 11.4. The van der Waals surface area contributed by atoms with Gasteiger partial charge in [0.2, 0.25) is 0 Å². The summed E-state index contributed by atoms with van der Waals surface area (Å²) in [6, 6.07) is 0. The van der Waals surface area contributed by atoms with Crippen molar-refractivity contribution >= 4 is 5.97 Å². The highest BCUT2D eigenvalue weighted by atomic mass is 16.5. The minimum atomic E-state index is -0.322. The van der Waals surface area contributed by atoms with Crippen molar-refractivity contribution in [3.05, 3.63) is 0 Å². The Balaban J connectivity index is 3.28. The minimum absolute atomic E-state index is 0.120. The molecule has 0 radical (unpaired) electrons. The first-order valence-corrected chi connectivity index (χ1v) is 7.04. The molecule has 0 bridgehead atoms. The smallest absolute Gasteiger partial charge is 0.305 e. The SMILES string of the molecule is CCCCCCCC(=O)OCCC(O)CCC. The normalized spacial score (nSPS) is 12.4. The number of esters is 1. The number of aliphatic hydroxyl groups excluding tert-OH is 1. The van der Waals surface area contributed by atoms with Gasteiger partial charge in [-0.25, -0.2) is 0 Å². The van der Waals surface area contributed by atoms with Crippen molar-refractivity contribution in [1.29, 1.82) is 0 Å². The Morgan fingerprint density at radius 3 is 2.41 bits per heavy atom. The van der Waals surface area contributed by atoms with Crippen LogP contribution in [0.25, 0.3) is 0 Å². The number of rotatable bonds is 11. The summed E-state index contributed by atoms with van der Waals surface area (Å²) < 4.78 is 5.07. The van der Waals surface area contributed by atoms with E-state index in [1.54, 1.807) is 0 Å². The second-order valence-electron chi connectivity index (χ2n) is 4.62. The van der Waals surface area contributed by atoms with E-state index in [0.29, 0.717) is 19.4 Å². The summed E-state index contributed by atoms with van der Waals surface area (Å²) in [7, 11) is 0. The first-order chi connectivity index (χ1) is 8.20. The predicted molar refractivity (Wildman–Crippen MR) is 69.9 cm³/mol. The maximum atomic E-state index is 11.3. The molecule has 0 fully saturated rings. The average molecular weight is 244 g/mol. The largest absolute Gasteiger partial charge is 0.466 e. The van der Waals surface area contributed by atoms with Gasteiger partial charge in [-0.2, -0.15) is 0 Å². The summed E-state index contributed by atoms with van der Waals surface area (Å²) in [5.41, 5.74) is 0. The first kappa shape index (κ1) is 16.4. The van der Waals surface area contributed by atoms with Gasteiger partial charge in [0.1, 0.15) is 0 Å². The van der Waals surface area contributed by atoms with Crippen LogP contribution in [-0.4, -0.2) is 23.8 Å². The third kappa shape index (κ3) is 11.7. The molecule has 0 aromatic rings. The topological polar surface area (TPSA) is 46.5 Å². The predicted octanol–water partition coefficient (Wildman–Crippen LogP) is 3.44. The number of ether oxygens (including phenoxy) is 1. The van der Waals surface area contributed by atoms with Crippen LogP contribution in [0.15, 0.2) is 0 Å². The molecule has 102 valence electrons. The van der Waals surface area contributed by atoms with Crippen molar-refractivity contribution in [3.8, 4) is 0 Å². The third-order valence-corrected chi connectivity index (χ3v) is 2.82. The van der Waals surface area contributed by atoms with Gasteiger partial charge in [0, 0.05) is 12.8 Å². The van der Waals surface area contributed by atoms with Crippen molar-refractivity contribution in [2.75, 3.05) is 6.61 Å². The number of hydrogen-bond donors (Lipinski definition) is 1. The molecule has 1 N–H and O–H groups in total. The molecule has 0 saturated carbocycles. The van der Waals surface area contributed by atoms with Crippen molar-refractivity contribution in [3.63, 3.8) is 0 Å². The van der Waals surface area contributed by atoms with Crippen LogP contribution in [0, 0.1) is 0 Å². The van der Waals surface area contributed by atoms with E-state index in [1.165, 1.54) is 19.3 Å². The van der Waals surface area contributed by atoms with Crippen LogP contribution in [0.2, 0.25) is 0 Å². The molecule has 1 unspecified atom stereocenters. The molecule has 1 atom stereocenters. The van der Waals surface area contributed by atoms with Crippen LogP contribution in [0.3, 0.4) is 0 Å². The molecule has 0 aliphatic rings. The maximum Gasteiger partial charge on any atom is 0.305 e. The summed E-state index contributed by atoms with van der Waals surface area (Å²) in [5.74, 6) is -0.120. The van der Waals surface area contributed by atoms with Crippen LogP contribution in [-0.2, 0) is 9.53 Å². The fraction of sp³-hybridized carbons (Fsp3) is 0.929. The number of hydrogen-bond acceptors (Lipinski definition) is 3. The highest BCUT2D eigenvalue weighted by molar-refractivity contribution is 5.69. The summed E-state index contributed by atoms with van der Waals surface area (Å²) >= 11 is 0. The molecule has 0 rings (SSSR count). The number of carbonyl (C=O) groups excluding carboxylic acids is 1. The van der Waals surface area contributed by atoms with E-state index in [4.69, 9.17) is 4.74 Å². The number of aliphatic hydroxyl groups is 1.